The molecule has 0 aromatic heterocycles. The van der Waals surface area contributed by atoms with Crippen LogP contribution < -0.4 is 9.62 Å². The lowest BCUT2D eigenvalue weighted by Gasteiger charge is -2.23. The second-order valence-electron chi connectivity index (χ2n) is 6.11. The van der Waals surface area contributed by atoms with Crippen LogP contribution in [0.2, 0.25) is 10.0 Å². The van der Waals surface area contributed by atoms with E-state index < -0.39 is 15.9 Å². The van der Waals surface area contributed by atoms with Gasteiger partial charge in [0.15, 0.2) is 0 Å². The van der Waals surface area contributed by atoms with Gasteiger partial charge in [-0.15, -0.1) is 0 Å². The monoisotopic (exact) mass is 448 g/mol. The van der Waals surface area contributed by atoms with E-state index in [4.69, 9.17) is 23.2 Å². The molecule has 0 aliphatic heterocycles. The van der Waals surface area contributed by atoms with Gasteiger partial charge in [-0.3, -0.25) is 9.10 Å². The molecular formula is C21H18Cl2N2O3S. The maximum atomic E-state index is 13.2. The SMILES string of the molecule is CCN(c1ccccc1)S(=O)(=O)c1cccc(C(=O)Nc2cc(Cl)ccc2Cl)c1. The standard InChI is InChI=1S/C21H18Cl2N2O3S/c1-2-25(17-8-4-3-5-9-17)29(27,28)18-10-6-7-15(13-18)21(26)24-20-14-16(22)11-12-19(20)23/h3-14H,2H2,1H3,(H,24,26). The van der Waals surface area contributed by atoms with Crippen molar-refractivity contribution in [2.75, 3.05) is 16.2 Å². The summed E-state index contributed by atoms with van der Waals surface area (Å²) in [6.07, 6.45) is 0. The normalized spacial score (nSPS) is 11.1. The number of rotatable bonds is 6. The molecule has 1 N–H and O–H groups in total. The number of hydrogen-bond acceptors (Lipinski definition) is 3. The summed E-state index contributed by atoms with van der Waals surface area (Å²) in [4.78, 5) is 12.7. The van der Waals surface area contributed by atoms with Gasteiger partial charge in [-0.05, 0) is 55.5 Å². The van der Waals surface area contributed by atoms with E-state index in [1.165, 1.54) is 34.6 Å². The van der Waals surface area contributed by atoms with E-state index in [-0.39, 0.29) is 17.0 Å². The van der Waals surface area contributed by atoms with Crippen LogP contribution in [0, 0.1) is 0 Å². The van der Waals surface area contributed by atoms with Crippen LogP contribution in [0.3, 0.4) is 0 Å². The zero-order valence-electron chi connectivity index (χ0n) is 15.5. The number of para-hydroxylation sites is 1. The summed E-state index contributed by atoms with van der Waals surface area (Å²) in [7, 11) is -3.84. The first-order valence-electron chi connectivity index (χ1n) is 8.77. The van der Waals surface area contributed by atoms with Crippen LogP contribution in [0.25, 0.3) is 0 Å². The molecule has 0 aliphatic carbocycles. The van der Waals surface area contributed by atoms with Crippen molar-refractivity contribution in [2.45, 2.75) is 11.8 Å². The Hall–Kier alpha value is -2.54. The molecule has 0 fully saturated rings. The third-order valence-corrected chi connectivity index (χ3v) is 6.66. The highest BCUT2D eigenvalue weighted by Crippen LogP contribution is 2.27. The van der Waals surface area contributed by atoms with Crippen LogP contribution in [-0.2, 0) is 10.0 Å². The molecule has 150 valence electrons. The first-order chi connectivity index (χ1) is 13.8. The van der Waals surface area contributed by atoms with Crippen molar-refractivity contribution in [1.29, 1.82) is 0 Å². The molecule has 29 heavy (non-hydrogen) atoms. The van der Waals surface area contributed by atoms with Crippen molar-refractivity contribution in [3.05, 3.63) is 88.4 Å². The van der Waals surface area contributed by atoms with Crippen LogP contribution in [0.4, 0.5) is 11.4 Å². The maximum Gasteiger partial charge on any atom is 0.264 e. The average Bonchev–Trinajstić information content (AvgIpc) is 2.72. The molecule has 0 saturated heterocycles. The zero-order chi connectivity index (χ0) is 21.0. The van der Waals surface area contributed by atoms with Crippen LogP contribution in [0.1, 0.15) is 17.3 Å². The van der Waals surface area contributed by atoms with Crippen molar-refractivity contribution in [3.63, 3.8) is 0 Å². The highest BCUT2D eigenvalue weighted by Gasteiger charge is 2.24. The van der Waals surface area contributed by atoms with Crippen molar-refractivity contribution in [1.82, 2.24) is 0 Å². The van der Waals surface area contributed by atoms with E-state index in [2.05, 4.69) is 5.32 Å². The number of nitrogens with one attached hydrogen (secondary N) is 1. The summed E-state index contributed by atoms with van der Waals surface area (Å²) < 4.78 is 27.6. The van der Waals surface area contributed by atoms with Gasteiger partial charge >= 0.3 is 0 Å². The van der Waals surface area contributed by atoms with Gasteiger partial charge in [0.2, 0.25) is 0 Å². The molecule has 0 radical (unpaired) electrons. The Labute approximate surface area is 179 Å². The Kier molecular flexibility index (Phi) is 6.47. The quantitative estimate of drug-likeness (QED) is 0.544. The number of hydrogen-bond donors (Lipinski definition) is 1. The maximum absolute atomic E-state index is 13.2. The molecule has 0 spiro atoms. The van der Waals surface area contributed by atoms with Crippen LogP contribution in [0.15, 0.2) is 77.7 Å². The predicted octanol–water partition coefficient (Wildman–Crippen LogP) is 5.46. The minimum absolute atomic E-state index is 0.0213. The summed E-state index contributed by atoms with van der Waals surface area (Å²) in [5.41, 5.74) is 1.08. The molecule has 3 aromatic rings. The highest BCUT2D eigenvalue weighted by molar-refractivity contribution is 7.92. The topological polar surface area (TPSA) is 66.5 Å². The molecule has 0 unspecified atom stereocenters. The van der Waals surface area contributed by atoms with E-state index in [1.807, 2.05) is 6.07 Å². The number of halogens is 2. The Balaban J connectivity index is 1.92. The third kappa shape index (κ3) is 4.72. The number of benzene rings is 3. The van der Waals surface area contributed by atoms with E-state index in [1.54, 1.807) is 43.3 Å². The molecule has 0 atom stereocenters. The molecule has 1 amide bonds. The fourth-order valence-electron chi connectivity index (χ4n) is 2.80. The second-order valence-corrected chi connectivity index (χ2v) is 8.82. The van der Waals surface area contributed by atoms with Crippen molar-refractivity contribution >= 4 is 50.5 Å². The fraction of sp³-hybridized carbons (Fsp3) is 0.0952. The molecule has 0 bridgehead atoms. The van der Waals surface area contributed by atoms with Crippen molar-refractivity contribution < 1.29 is 13.2 Å². The first kappa shape index (κ1) is 21.2. The molecule has 0 saturated carbocycles. The molecule has 5 nitrogen and oxygen atoms in total. The first-order valence-corrected chi connectivity index (χ1v) is 11.0. The number of nitrogens with zero attached hydrogens (tertiary/aromatic N) is 1. The van der Waals surface area contributed by atoms with E-state index in [0.29, 0.717) is 21.4 Å². The lowest BCUT2D eigenvalue weighted by Crippen LogP contribution is -2.30. The number of sulfonamides is 1. The van der Waals surface area contributed by atoms with E-state index in [9.17, 15) is 13.2 Å². The number of anilines is 2. The summed E-state index contributed by atoms with van der Waals surface area (Å²) >= 11 is 12.0. The fourth-order valence-corrected chi connectivity index (χ4v) is 4.66. The minimum atomic E-state index is -3.84. The lowest BCUT2D eigenvalue weighted by atomic mass is 10.2. The van der Waals surface area contributed by atoms with Gasteiger partial charge < -0.3 is 5.32 Å². The van der Waals surface area contributed by atoms with Gasteiger partial charge in [-0.25, -0.2) is 8.42 Å². The second kappa shape index (κ2) is 8.86. The Bertz CT molecular complexity index is 1140. The van der Waals surface area contributed by atoms with Crippen LogP contribution in [-0.4, -0.2) is 20.9 Å². The predicted molar refractivity (Wildman–Crippen MR) is 118 cm³/mol. The number of amides is 1. The van der Waals surface area contributed by atoms with Gasteiger partial charge in [0, 0.05) is 17.1 Å². The molecule has 3 rings (SSSR count). The van der Waals surface area contributed by atoms with Crippen LogP contribution >= 0.6 is 23.2 Å². The van der Waals surface area contributed by atoms with Gasteiger partial charge in [0.25, 0.3) is 15.9 Å². The highest BCUT2D eigenvalue weighted by atomic mass is 35.5. The minimum Gasteiger partial charge on any atom is -0.321 e. The largest absolute Gasteiger partial charge is 0.321 e. The molecular weight excluding hydrogens is 431 g/mol. The Morgan fingerprint density at radius 3 is 2.38 bits per heavy atom. The molecule has 0 heterocycles. The van der Waals surface area contributed by atoms with Gasteiger partial charge in [-0.2, -0.15) is 0 Å². The van der Waals surface area contributed by atoms with E-state index in [0.717, 1.165) is 0 Å². The molecule has 3 aromatic carbocycles. The Morgan fingerprint density at radius 2 is 1.69 bits per heavy atom. The summed E-state index contributed by atoms with van der Waals surface area (Å²) in [5, 5.41) is 3.40. The number of carbonyl (C=O) groups is 1. The van der Waals surface area contributed by atoms with Gasteiger partial charge in [0.1, 0.15) is 0 Å². The average molecular weight is 449 g/mol. The summed E-state index contributed by atoms with van der Waals surface area (Å²) in [6.45, 7) is 2.00. The zero-order valence-corrected chi connectivity index (χ0v) is 17.8. The molecule has 0 aliphatic rings. The number of carbonyl (C=O) groups excluding carboxylic acids is 1. The van der Waals surface area contributed by atoms with Crippen molar-refractivity contribution in [2.24, 2.45) is 0 Å². The summed E-state index contributed by atoms with van der Waals surface area (Å²) in [6, 6.07) is 19.4. The van der Waals surface area contributed by atoms with Crippen molar-refractivity contribution in [3.8, 4) is 0 Å². The summed E-state index contributed by atoms with van der Waals surface area (Å²) in [5.74, 6) is -0.492. The van der Waals surface area contributed by atoms with Crippen LogP contribution in [0.5, 0.6) is 0 Å². The smallest absolute Gasteiger partial charge is 0.264 e. The molecule has 8 heteroatoms. The van der Waals surface area contributed by atoms with E-state index >= 15 is 0 Å². The van der Waals surface area contributed by atoms with Gasteiger partial charge in [0.05, 0.1) is 21.3 Å². The third-order valence-electron chi connectivity index (χ3n) is 4.19. The Morgan fingerprint density at radius 1 is 0.966 bits per heavy atom. The van der Waals surface area contributed by atoms with Gasteiger partial charge in [-0.1, -0.05) is 47.5 Å². The lowest BCUT2D eigenvalue weighted by molar-refractivity contribution is 0.102.